The van der Waals surface area contributed by atoms with E-state index in [0.717, 1.165) is 17.6 Å². The van der Waals surface area contributed by atoms with Gasteiger partial charge in [-0.05, 0) is 57.4 Å². The second-order valence-corrected chi connectivity index (χ2v) is 7.73. The molecule has 1 unspecified atom stereocenters. The fourth-order valence-electron chi connectivity index (χ4n) is 3.85. The van der Waals surface area contributed by atoms with Crippen molar-refractivity contribution >= 4 is 22.9 Å². The van der Waals surface area contributed by atoms with Crippen molar-refractivity contribution in [2.45, 2.75) is 54.8 Å². The van der Waals surface area contributed by atoms with Crippen molar-refractivity contribution in [3.63, 3.8) is 0 Å². The van der Waals surface area contributed by atoms with Crippen LogP contribution in [0.4, 0.5) is 0 Å². The lowest BCUT2D eigenvalue weighted by atomic mass is 10.0. The van der Waals surface area contributed by atoms with Crippen LogP contribution in [0.15, 0.2) is 26.2 Å². The van der Waals surface area contributed by atoms with E-state index in [0.29, 0.717) is 10.8 Å². The summed E-state index contributed by atoms with van der Waals surface area (Å²) in [5.74, 6) is -0.371. The van der Waals surface area contributed by atoms with Crippen LogP contribution in [0.3, 0.4) is 0 Å². The molecule has 2 bridgehead atoms. The van der Waals surface area contributed by atoms with E-state index < -0.39 is 0 Å². The number of nitrogens with zero attached hydrogens (tertiary/aromatic N) is 1. The van der Waals surface area contributed by atoms with E-state index in [1.165, 1.54) is 36.1 Å². The number of H-pyrrole nitrogens is 1. The topological polar surface area (TPSA) is 49.2 Å². The van der Waals surface area contributed by atoms with E-state index in [4.69, 9.17) is 4.42 Å². The number of hydrogen-bond donors (Lipinski definition) is 1. The van der Waals surface area contributed by atoms with E-state index in [-0.39, 0.29) is 5.76 Å². The molecule has 112 valence electrons. The highest BCUT2D eigenvalue weighted by Crippen LogP contribution is 2.42. The lowest BCUT2D eigenvalue weighted by Gasteiger charge is -2.36. The lowest BCUT2D eigenvalue weighted by molar-refractivity contribution is 0.183. The van der Waals surface area contributed by atoms with Gasteiger partial charge < -0.3 is 9.32 Å². The Morgan fingerprint density at radius 1 is 1.29 bits per heavy atom. The molecule has 4 rings (SSSR count). The van der Waals surface area contributed by atoms with Gasteiger partial charge in [0, 0.05) is 22.2 Å². The zero-order chi connectivity index (χ0) is 14.6. The molecule has 0 radical (unpaired) electrons. The molecule has 2 saturated heterocycles. The summed E-state index contributed by atoms with van der Waals surface area (Å²) in [6, 6.07) is 5.56. The van der Waals surface area contributed by atoms with Crippen molar-refractivity contribution in [3.05, 3.63) is 28.2 Å². The maximum atomic E-state index is 11.3. The summed E-state index contributed by atoms with van der Waals surface area (Å²) in [5, 5.41) is 0.681. The molecule has 1 N–H and O–H groups in total. The van der Waals surface area contributed by atoms with Crippen molar-refractivity contribution in [3.8, 4) is 0 Å². The van der Waals surface area contributed by atoms with Crippen molar-refractivity contribution in [1.82, 2.24) is 9.88 Å². The standard InChI is InChI=1S/C16H20N2O2S/c1-9-5-13-14(20-16(19)17-13)8-15(9)21-12-6-10-3-4-11(7-12)18(10)2/h5,8,10-12H,3-4,6-7H2,1-2H3,(H,17,19)/t10-,11+,12?. The third-order valence-electron chi connectivity index (χ3n) is 5.07. The number of piperidine rings is 1. The Labute approximate surface area is 127 Å². The number of fused-ring (bicyclic) bond motifs is 3. The fraction of sp³-hybridized carbons (Fsp3) is 0.562. The zero-order valence-corrected chi connectivity index (χ0v) is 13.2. The summed E-state index contributed by atoms with van der Waals surface area (Å²) < 4.78 is 5.19. The third kappa shape index (κ3) is 2.32. The highest BCUT2D eigenvalue weighted by atomic mass is 32.2. The molecule has 2 aromatic rings. The molecule has 3 atom stereocenters. The van der Waals surface area contributed by atoms with E-state index in [9.17, 15) is 4.79 Å². The van der Waals surface area contributed by atoms with Gasteiger partial charge >= 0.3 is 5.76 Å². The Morgan fingerprint density at radius 3 is 2.71 bits per heavy atom. The number of oxazole rings is 1. The van der Waals surface area contributed by atoms with Crippen molar-refractivity contribution in [1.29, 1.82) is 0 Å². The molecule has 21 heavy (non-hydrogen) atoms. The van der Waals surface area contributed by atoms with Crippen molar-refractivity contribution in [2.75, 3.05) is 7.05 Å². The van der Waals surface area contributed by atoms with Crippen LogP contribution in [0.25, 0.3) is 11.1 Å². The molecule has 2 fully saturated rings. The van der Waals surface area contributed by atoms with E-state index in [1.807, 2.05) is 23.9 Å². The molecule has 2 aliphatic rings. The molecule has 2 aliphatic heterocycles. The summed E-state index contributed by atoms with van der Waals surface area (Å²) in [4.78, 5) is 17.8. The fourth-order valence-corrected chi connectivity index (χ4v) is 5.27. The molecule has 1 aromatic carbocycles. The van der Waals surface area contributed by atoms with Crippen molar-refractivity contribution in [2.24, 2.45) is 0 Å². The van der Waals surface area contributed by atoms with Gasteiger partial charge in [-0.15, -0.1) is 11.8 Å². The predicted octanol–water partition coefficient (Wildman–Crippen LogP) is 3.15. The van der Waals surface area contributed by atoms with Gasteiger partial charge in [-0.2, -0.15) is 0 Å². The van der Waals surface area contributed by atoms with Gasteiger partial charge in [0.05, 0.1) is 5.52 Å². The van der Waals surface area contributed by atoms with Crippen LogP contribution in [-0.2, 0) is 0 Å². The third-order valence-corrected chi connectivity index (χ3v) is 6.48. The van der Waals surface area contributed by atoms with Crippen LogP contribution in [0.2, 0.25) is 0 Å². The maximum absolute atomic E-state index is 11.3. The predicted molar refractivity (Wildman–Crippen MR) is 85.0 cm³/mol. The average molecular weight is 304 g/mol. The monoisotopic (exact) mass is 304 g/mol. The van der Waals surface area contributed by atoms with E-state index in [2.05, 4.69) is 23.9 Å². The second kappa shape index (κ2) is 4.92. The van der Waals surface area contributed by atoms with E-state index >= 15 is 0 Å². The number of aryl methyl sites for hydroxylation is 1. The SMILES string of the molecule is Cc1cc2[nH]c(=O)oc2cc1SC1C[C@H]2CC[C@@H](C1)N2C. The summed E-state index contributed by atoms with van der Waals surface area (Å²) in [7, 11) is 2.27. The second-order valence-electron chi connectivity index (χ2n) is 6.39. The van der Waals surface area contributed by atoms with Gasteiger partial charge in [-0.3, -0.25) is 4.98 Å². The van der Waals surface area contributed by atoms with Gasteiger partial charge in [0.25, 0.3) is 0 Å². The first-order valence-electron chi connectivity index (χ1n) is 7.62. The van der Waals surface area contributed by atoms with Crippen molar-refractivity contribution < 1.29 is 4.42 Å². The summed E-state index contributed by atoms with van der Waals surface area (Å²) in [5.41, 5.74) is 2.69. The Kier molecular flexibility index (Phi) is 3.15. The highest BCUT2D eigenvalue weighted by molar-refractivity contribution is 8.00. The largest absolute Gasteiger partial charge is 0.417 e. The lowest BCUT2D eigenvalue weighted by Crippen LogP contribution is -2.40. The Bertz CT molecular complexity index is 721. The first-order chi connectivity index (χ1) is 10.1. The minimum absolute atomic E-state index is 0.371. The molecule has 0 saturated carbocycles. The van der Waals surface area contributed by atoms with Gasteiger partial charge in [-0.1, -0.05) is 0 Å². The molecule has 1 aromatic heterocycles. The minimum atomic E-state index is -0.371. The van der Waals surface area contributed by atoms with Crippen LogP contribution in [0.1, 0.15) is 31.2 Å². The number of nitrogens with one attached hydrogen (secondary N) is 1. The smallest absolute Gasteiger partial charge is 0.408 e. The summed E-state index contributed by atoms with van der Waals surface area (Å²) in [6.45, 7) is 2.11. The van der Waals surface area contributed by atoms with Gasteiger partial charge in [0.1, 0.15) is 0 Å². The maximum Gasteiger partial charge on any atom is 0.417 e. The molecule has 3 heterocycles. The molecule has 0 aliphatic carbocycles. The number of hydrogen-bond acceptors (Lipinski definition) is 4. The van der Waals surface area contributed by atoms with Gasteiger partial charge in [-0.25, -0.2) is 4.79 Å². The van der Waals surface area contributed by atoms with Crippen LogP contribution in [0.5, 0.6) is 0 Å². The Hall–Kier alpha value is -1.20. The highest BCUT2D eigenvalue weighted by Gasteiger charge is 2.38. The van der Waals surface area contributed by atoms with Crippen LogP contribution >= 0.6 is 11.8 Å². The quantitative estimate of drug-likeness (QED) is 0.926. The first-order valence-corrected chi connectivity index (χ1v) is 8.50. The molecular weight excluding hydrogens is 284 g/mol. The van der Waals surface area contributed by atoms with Crippen LogP contribution in [0, 0.1) is 6.92 Å². The zero-order valence-electron chi connectivity index (χ0n) is 12.4. The number of aromatic amines is 1. The summed E-state index contributed by atoms with van der Waals surface area (Å²) >= 11 is 1.96. The molecule has 0 spiro atoms. The minimum Gasteiger partial charge on any atom is -0.408 e. The molecule has 0 amide bonds. The summed E-state index contributed by atoms with van der Waals surface area (Å²) in [6.07, 6.45) is 5.24. The van der Waals surface area contributed by atoms with E-state index in [1.54, 1.807) is 0 Å². The van der Waals surface area contributed by atoms with Crippen LogP contribution < -0.4 is 5.76 Å². The number of benzene rings is 1. The first kappa shape index (κ1) is 13.5. The Morgan fingerprint density at radius 2 is 2.00 bits per heavy atom. The van der Waals surface area contributed by atoms with Gasteiger partial charge in [0.2, 0.25) is 0 Å². The van der Waals surface area contributed by atoms with Crippen LogP contribution in [-0.4, -0.2) is 34.3 Å². The molecule has 5 heteroatoms. The Balaban J connectivity index is 1.59. The number of rotatable bonds is 2. The number of aromatic nitrogens is 1. The number of thioether (sulfide) groups is 1. The molecular formula is C16H20N2O2S. The average Bonchev–Trinajstić information content (AvgIpc) is 2.86. The normalized spacial score (nSPS) is 29.3. The molecule has 4 nitrogen and oxygen atoms in total. The van der Waals surface area contributed by atoms with Gasteiger partial charge in [0.15, 0.2) is 5.58 Å².